The Bertz CT molecular complexity index is 128. The molecule has 1 atom stereocenters. The molecule has 0 radical (unpaired) electrons. The zero-order valence-electron chi connectivity index (χ0n) is 12.8. The van der Waals surface area contributed by atoms with Crippen molar-refractivity contribution in [1.29, 1.82) is 0 Å². The fraction of sp³-hybridized carbons (Fsp3) is 1.00. The summed E-state index contributed by atoms with van der Waals surface area (Å²) in [6.07, 6.45) is 18.8. The second-order valence-corrected chi connectivity index (χ2v) is 5.68. The Balaban J connectivity index is 3.25. The molecule has 0 nitrogen and oxygen atoms in total. The van der Waals surface area contributed by atoms with Crippen molar-refractivity contribution in [2.45, 2.75) is 104 Å². The molecule has 0 aromatic carbocycles. The van der Waals surface area contributed by atoms with E-state index in [2.05, 4.69) is 20.8 Å². The van der Waals surface area contributed by atoms with Gasteiger partial charge >= 0.3 is 0 Å². The average molecular weight is 240 g/mol. The van der Waals surface area contributed by atoms with E-state index in [0.29, 0.717) is 0 Å². The van der Waals surface area contributed by atoms with Gasteiger partial charge in [-0.3, -0.25) is 0 Å². The molecule has 0 rings (SSSR count). The molecule has 0 bridgehead atoms. The quantitative estimate of drug-likeness (QED) is 0.313. The van der Waals surface area contributed by atoms with Crippen LogP contribution in [-0.2, 0) is 0 Å². The molecule has 0 heterocycles. The summed E-state index contributed by atoms with van der Waals surface area (Å²) in [5, 5.41) is 0. The van der Waals surface area contributed by atoms with E-state index in [4.69, 9.17) is 0 Å². The second kappa shape index (κ2) is 14.1. The molecule has 0 aromatic heterocycles. The molecule has 0 aromatic rings. The molecular weight excluding hydrogens is 204 g/mol. The summed E-state index contributed by atoms with van der Waals surface area (Å²) < 4.78 is 0. The second-order valence-electron chi connectivity index (χ2n) is 5.68. The van der Waals surface area contributed by atoms with Crippen molar-refractivity contribution in [1.82, 2.24) is 0 Å². The normalized spacial score (nSPS) is 12.9. The van der Waals surface area contributed by atoms with Crippen molar-refractivity contribution < 1.29 is 0 Å². The van der Waals surface area contributed by atoms with E-state index < -0.39 is 0 Å². The first-order chi connectivity index (χ1) is 8.35. The molecular formula is C17H36. The zero-order valence-corrected chi connectivity index (χ0v) is 12.8. The van der Waals surface area contributed by atoms with Gasteiger partial charge in [-0.05, 0) is 5.92 Å². The molecule has 0 fully saturated rings. The van der Waals surface area contributed by atoms with Crippen molar-refractivity contribution in [2.75, 3.05) is 0 Å². The minimum atomic E-state index is 1.03. The van der Waals surface area contributed by atoms with E-state index in [1.807, 2.05) is 0 Å². The first-order valence-electron chi connectivity index (χ1n) is 8.35. The number of rotatable bonds is 13. The maximum absolute atomic E-state index is 2.37. The summed E-state index contributed by atoms with van der Waals surface area (Å²) in [5.41, 5.74) is 0. The topological polar surface area (TPSA) is 0 Å². The van der Waals surface area contributed by atoms with Gasteiger partial charge in [0.05, 0.1) is 0 Å². The number of hydrogen-bond donors (Lipinski definition) is 0. The molecule has 0 aliphatic rings. The SMILES string of the molecule is CCCCCCCCC[C@H](CC)CCCCC. The van der Waals surface area contributed by atoms with Crippen molar-refractivity contribution in [3.8, 4) is 0 Å². The lowest BCUT2D eigenvalue weighted by molar-refractivity contribution is 0.396. The monoisotopic (exact) mass is 240 g/mol. The Labute approximate surface area is 111 Å². The van der Waals surface area contributed by atoms with Crippen molar-refractivity contribution in [3.63, 3.8) is 0 Å². The van der Waals surface area contributed by atoms with Crippen molar-refractivity contribution in [2.24, 2.45) is 5.92 Å². The van der Waals surface area contributed by atoms with Gasteiger partial charge in [-0.2, -0.15) is 0 Å². The molecule has 0 heteroatoms. The largest absolute Gasteiger partial charge is 0.0654 e. The summed E-state index contributed by atoms with van der Waals surface area (Å²) >= 11 is 0. The summed E-state index contributed by atoms with van der Waals surface area (Å²) in [7, 11) is 0. The lowest BCUT2D eigenvalue weighted by Gasteiger charge is -2.14. The third-order valence-electron chi connectivity index (χ3n) is 4.01. The van der Waals surface area contributed by atoms with E-state index in [9.17, 15) is 0 Å². The van der Waals surface area contributed by atoms with Crippen LogP contribution < -0.4 is 0 Å². The Morgan fingerprint density at radius 3 is 1.47 bits per heavy atom. The van der Waals surface area contributed by atoms with Crippen LogP contribution in [0.3, 0.4) is 0 Å². The van der Waals surface area contributed by atoms with Crippen LogP contribution >= 0.6 is 0 Å². The fourth-order valence-electron chi connectivity index (χ4n) is 2.63. The molecule has 0 N–H and O–H groups in total. The third kappa shape index (κ3) is 12.2. The standard InChI is InChI=1S/C17H36/c1-4-7-9-10-11-12-14-16-17(6-3)15-13-8-5-2/h17H,4-16H2,1-3H3/t17-/m1/s1. The molecule has 0 aliphatic carbocycles. The first kappa shape index (κ1) is 17.0. The average Bonchev–Trinajstić information content (AvgIpc) is 2.35. The summed E-state index contributed by atoms with van der Waals surface area (Å²) in [4.78, 5) is 0. The lowest BCUT2D eigenvalue weighted by Crippen LogP contribution is -1.99. The van der Waals surface area contributed by atoms with Crippen LogP contribution in [0.1, 0.15) is 104 Å². The predicted octanol–water partition coefficient (Wildman–Crippen LogP) is 6.73. The molecule has 0 aliphatic heterocycles. The lowest BCUT2D eigenvalue weighted by atomic mass is 9.92. The smallest absolute Gasteiger partial charge is 0.0417 e. The highest BCUT2D eigenvalue weighted by Crippen LogP contribution is 2.21. The summed E-state index contributed by atoms with van der Waals surface area (Å²) in [6.45, 7) is 6.97. The molecule has 0 saturated carbocycles. The van der Waals surface area contributed by atoms with Gasteiger partial charge in [0.15, 0.2) is 0 Å². The van der Waals surface area contributed by atoms with E-state index in [-0.39, 0.29) is 0 Å². The Kier molecular flexibility index (Phi) is 14.1. The van der Waals surface area contributed by atoms with E-state index in [1.165, 1.54) is 83.5 Å². The molecule has 0 spiro atoms. The highest BCUT2D eigenvalue weighted by molar-refractivity contribution is 4.58. The van der Waals surface area contributed by atoms with Crippen LogP contribution in [-0.4, -0.2) is 0 Å². The number of hydrogen-bond acceptors (Lipinski definition) is 0. The highest BCUT2D eigenvalue weighted by atomic mass is 14.1. The van der Waals surface area contributed by atoms with Crippen LogP contribution in [0.2, 0.25) is 0 Å². The van der Waals surface area contributed by atoms with Crippen LogP contribution in [0, 0.1) is 5.92 Å². The first-order valence-corrected chi connectivity index (χ1v) is 8.35. The van der Waals surface area contributed by atoms with Crippen LogP contribution in [0.4, 0.5) is 0 Å². The van der Waals surface area contributed by atoms with E-state index in [0.717, 1.165) is 5.92 Å². The fourth-order valence-corrected chi connectivity index (χ4v) is 2.63. The summed E-state index contributed by atoms with van der Waals surface area (Å²) in [5.74, 6) is 1.03. The zero-order chi connectivity index (χ0) is 12.8. The van der Waals surface area contributed by atoms with Gasteiger partial charge in [0.2, 0.25) is 0 Å². The van der Waals surface area contributed by atoms with Crippen LogP contribution in [0.15, 0.2) is 0 Å². The Morgan fingerprint density at radius 1 is 0.529 bits per heavy atom. The third-order valence-corrected chi connectivity index (χ3v) is 4.01. The highest BCUT2D eigenvalue weighted by Gasteiger charge is 2.05. The molecule has 0 saturated heterocycles. The maximum Gasteiger partial charge on any atom is -0.0417 e. The Hall–Kier alpha value is 0. The molecule has 17 heavy (non-hydrogen) atoms. The van der Waals surface area contributed by atoms with Gasteiger partial charge in [-0.15, -0.1) is 0 Å². The molecule has 0 amide bonds. The van der Waals surface area contributed by atoms with Gasteiger partial charge in [-0.25, -0.2) is 0 Å². The van der Waals surface area contributed by atoms with Crippen LogP contribution in [0.25, 0.3) is 0 Å². The predicted molar refractivity (Wildman–Crippen MR) is 80.5 cm³/mol. The van der Waals surface area contributed by atoms with Crippen molar-refractivity contribution >= 4 is 0 Å². The van der Waals surface area contributed by atoms with E-state index >= 15 is 0 Å². The van der Waals surface area contributed by atoms with Gasteiger partial charge in [0.25, 0.3) is 0 Å². The van der Waals surface area contributed by atoms with Crippen molar-refractivity contribution in [3.05, 3.63) is 0 Å². The van der Waals surface area contributed by atoms with Gasteiger partial charge in [0, 0.05) is 0 Å². The van der Waals surface area contributed by atoms with Gasteiger partial charge in [0.1, 0.15) is 0 Å². The minimum absolute atomic E-state index is 1.03. The maximum atomic E-state index is 2.37. The van der Waals surface area contributed by atoms with Gasteiger partial charge < -0.3 is 0 Å². The minimum Gasteiger partial charge on any atom is -0.0654 e. The number of unbranched alkanes of at least 4 members (excludes halogenated alkanes) is 8. The van der Waals surface area contributed by atoms with E-state index in [1.54, 1.807) is 0 Å². The van der Waals surface area contributed by atoms with Gasteiger partial charge in [-0.1, -0.05) is 104 Å². The molecule has 104 valence electrons. The van der Waals surface area contributed by atoms with Crippen LogP contribution in [0.5, 0.6) is 0 Å². The summed E-state index contributed by atoms with van der Waals surface area (Å²) in [6, 6.07) is 0. The Morgan fingerprint density at radius 2 is 0.941 bits per heavy atom. The molecule has 0 unspecified atom stereocenters.